The molecule has 0 radical (unpaired) electrons. The average molecular weight is 445 g/mol. The van der Waals surface area contributed by atoms with Crippen molar-refractivity contribution in [3.63, 3.8) is 0 Å². The van der Waals surface area contributed by atoms with Crippen molar-refractivity contribution in [1.82, 2.24) is 10.0 Å². The fraction of sp³-hybridized carbons (Fsp3) is 0.389. The van der Waals surface area contributed by atoms with Crippen molar-refractivity contribution < 1.29 is 37.1 Å². The van der Waals surface area contributed by atoms with Crippen molar-refractivity contribution in [3.8, 4) is 11.5 Å². The Labute approximate surface area is 173 Å². The maximum absolute atomic E-state index is 13.4. The highest BCUT2D eigenvalue weighted by Gasteiger charge is 2.37. The van der Waals surface area contributed by atoms with Crippen LogP contribution in [0.15, 0.2) is 23.6 Å². The fourth-order valence-electron chi connectivity index (χ4n) is 2.70. The van der Waals surface area contributed by atoms with E-state index in [0.29, 0.717) is 12.8 Å². The highest BCUT2D eigenvalue weighted by molar-refractivity contribution is 7.14. The summed E-state index contributed by atoms with van der Waals surface area (Å²) in [4.78, 5) is 33.1. The molecule has 1 fully saturated rings. The summed E-state index contributed by atoms with van der Waals surface area (Å²) in [5, 5.41) is 5.39. The number of halogens is 3. The topological polar surface area (TPSA) is 90.0 Å². The Morgan fingerprint density at radius 1 is 1.30 bits per heavy atom. The fourth-order valence-corrected chi connectivity index (χ4v) is 3.39. The van der Waals surface area contributed by atoms with Gasteiger partial charge in [0, 0.05) is 24.4 Å². The third-order valence-electron chi connectivity index (χ3n) is 4.39. The van der Waals surface area contributed by atoms with Crippen LogP contribution in [0.5, 0.6) is 11.5 Å². The number of rotatable bonds is 8. The molecule has 0 bridgehead atoms. The van der Waals surface area contributed by atoms with Crippen LogP contribution in [0.4, 0.5) is 18.3 Å². The van der Waals surface area contributed by atoms with E-state index in [1.807, 2.05) is 0 Å². The number of benzene rings is 1. The molecule has 3 rings (SSSR count). The van der Waals surface area contributed by atoms with Gasteiger partial charge < -0.3 is 14.8 Å². The van der Waals surface area contributed by atoms with E-state index in [1.54, 1.807) is 0 Å². The second-order valence-electron chi connectivity index (χ2n) is 6.39. The van der Waals surface area contributed by atoms with Crippen LogP contribution in [0.3, 0.4) is 0 Å². The first-order valence-corrected chi connectivity index (χ1v) is 9.64. The highest BCUT2D eigenvalue weighted by Crippen LogP contribution is 2.37. The second-order valence-corrected chi connectivity index (χ2v) is 7.25. The molecule has 8 nitrogen and oxygen atoms in total. The van der Waals surface area contributed by atoms with Gasteiger partial charge in [-0.2, -0.15) is 8.78 Å². The molecule has 0 atom stereocenters. The van der Waals surface area contributed by atoms with E-state index < -0.39 is 30.4 Å². The predicted molar refractivity (Wildman–Crippen MR) is 100 cm³/mol. The van der Waals surface area contributed by atoms with Crippen LogP contribution in [0.25, 0.3) is 0 Å². The van der Waals surface area contributed by atoms with Crippen molar-refractivity contribution in [1.29, 1.82) is 0 Å². The van der Waals surface area contributed by atoms with E-state index in [4.69, 9.17) is 9.57 Å². The van der Waals surface area contributed by atoms with Gasteiger partial charge in [-0.05, 0) is 25.0 Å². The first kappa shape index (κ1) is 21.8. The third-order valence-corrected chi connectivity index (χ3v) is 5.15. The molecule has 1 N–H and O–H groups in total. The Hall–Kier alpha value is -2.86. The monoisotopic (exact) mass is 445 g/mol. The van der Waals surface area contributed by atoms with E-state index >= 15 is 0 Å². The number of nitrogens with one attached hydrogen (secondary N) is 1. The normalized spacial score (nSPS) is 17.9. The lowest BCUT2D eigenvalue weighted by molar-refractivity contribution is -0.125. The smallest absolute Gasteiger partial charge is 0.387 e. The molecule has 2 amide bonds. The number of hydrogen-bond acceptors (Lipinski definition) is 7. The van der Waals surface area contributed by atoms with Crippen LogP contribution in [0.2, 0.25) is 0 Å². The largest absolute Gasteiger partial charge is 0.486 e. The van der Waals surface area contributed by atoms with Crippen molar-refractivity contribution in [2.45, 2.75) is 25.6 Å². The van der Waals surface area contributed by atoms with E-state index in [1.165, 1.54) is 19.5 Å². The first-order chi connectivity index (χ1) is 14.3. The summed E-state index contributed by atoms with van der Waals surface area (Å²) in [5.41, 5.74) is 0.132. The summed E-state index contributed by atoms with van der Waals surface area (Å²) in [5.74, 6) is -2.25. The molecule has 1 saturated carbocycles. The number of carbonyl (C=O) groups excluding carboxylic acids is 2. The van der Waals surface area contributed by atoms with Gasteiger partial charge in [0.05, 0.1) is 7.11 Å². The number of nitrogens with zero attached hydrogens (tertiary/aromatic N) is 2. The molecular formula is C18H18F3N3O5S. The van der Waals surface area contributed by atoms with Crippen LogP contribution >= 0.6 is 11.3 Å². The van der Waals surface area contributed by atoms with Crippen LogP contribution in [-0.2, 0) is 9.63 Å². The zero-order valence-corrected chi connectivity index (χ0v) is 16.7. The van der Waals surface area contributed by atoms with Gasteiger partial charge in [0.2, 0.25) is 5.91 Å². The minimum atomic E-state index is -3.07. The molecule has 1 aliphatic carbocycles. The van der Waals surface area contributed by atoms with Crippen molar-refractivity contribution in [2.75, 3.05) is 19.5 Å². The van der Waals surface area contributed by atoms with Gasteiger partial charge in [0.25, 0.3) is 5.91 Å². The lowest BCUT2D eigenvalue weighted by Crippen LogP contribution is -2.40. The van der Waals surface area contributed by atoms with Crippen LogP contribution < -0.4 is 14.8 Å². The minimum absolute atomic E-state index is 0.132. The number of ether oxygens (including phenoxy) is 2. The number of hydrogen-bond donors (Lipinski definition) is 1. The summed E-state index contributed by atoms with van der Waals surface area (Å²) in [6.45, 7) is -3.07. The average Bonchev–Trinajstić information content (AvgIpc) is 3.12. The molecule has 1 heterocycles. The molecule has 1 aromatic carbocycles. The number of alkyl halides is 2. The predicted octanol–water partition coefficient (Wildman–Crippen LogP) is 3.31. The van der Waals surface area contributed by atoms with E-state index in [2.05, 4.69) is 15.0 Å². The third kappa shape index (κ3) is 5.19. The summed E-state index contributed by atoms with van der Waals surface area (Å²) >= 11 is 1.09. The molecule has 1 aromatic heterocycles. The molecule has 30 heavy (non-hydrogen) atoms. The summed E-state index contributed by atoms with van der Waals surface area (Å²) in [6.07, 6.45) is 0.159. The van der Waals surface area contributed by atoms with Gasteiger partial charge in [-0.1, -0.05) is 0 Å². The standard InChI is InChI=1S/C18H18F3N3O5S/c1-24(27-2)16(26)12-8-30-18(22-12)23-15(25)9-5-11(6-9)28-14-7-10(19)3-4-13(14)29-17(20)21/h3-4,7-9,11,17H,5-6H2,1-2H3,(H,22,23,25)/t9-,11-. The maximum atomic E-state index is 13.4. The molecule has 12 heteroatoms. The maximum Gasteiger partial charge on any atom is 0.387 e. The van der Waals surface area contributed by atoms with Gasteiger partial charge >= 0.3 is 6.61 Å². The minimum Gasteiger partial charge on any atom is -0.486 e. The van der Waals surface area contributed by atoms with E-state index in [0.717, 1.165) is 34.6 Å². The molecule has 0 spiro atoms. The van der Waals surface area contributed by atoms with Crippen LogP contribution in [-0.4, -0.2) is 48.7 Å². The Morgan fingerprint density at radius 3 is 2.70 bits per heavy atom. The van der Waals surface area contributed by atoms with Crippen molar-refractivity contribution in [3.05, 3.63) is 35.1 Å². The van der Waals surface area contributed by atoms with Crippen LogP contribution in [0, 0.1) is 11.7 Å². The van der Waals surface area contributed by atoms with Crippen molar-refractivity contribution >= 4 is 28.3 Å². The Morgan fingerprint density at radius 2 is 2.03 bits per heavy atom. The summed E-state index contributed by atoms with van der Waals surface area (Å²) < 4.78 is 48.2. The summed E-state index contributed by atoms with van der Waals surface area (Å²) in [7, 11) is 2.78. The van der Waals surface area contributed by atoms with E-state index in [9.17, 15) is 22.8 Å². The van der Waals surface area contributed by atoms with Gasteiger partial charge in [0.1, 0.15) is 17.6 Å². The number of hydroxylamine groups is 2. The number of carbonyl (C=O) groups is 2. The molecule has 0 aliphatic heterocycles. The Balaban J connectivity index is 1.53. The van der Waals surface area contributed by atoms with Crippen molar-refractivity contribution in [2.24, 2.45) is 5.92 Å². The Bertz CT molecular complexity index is 920. The van der Waals surface area contributed by atoms with Gasteiger partial charge in [-0.25, -0.2) is 14.4 Å². The molecule has 2 aromatic rings. The van der Waals surface area contributed by atoms with Gasteiger partial charge in [-0.3, -0.25) is 14.4 Å². The zero-order chi connectivity index (χ0) is 21.8. The quantitative estimate of drug-likeness (QED) is 0.627. The van der Waals surface area contributed by atoms with Gasteiger partial charge in [0.15, 0.2) is 16.6 Å². The Kier molecular flexibility index (Phi) is 6.77. The lowest BCUT2D eigenvalue weighted by atomic mass is 9.81. The number of aromatic nitrogens is 1. The molecule has 1 aliphatic rings. The van der Waals surface area contributed by atoms with E-state index in [-0.39, 0.29) is 28.2 Å². The highest BCUT2D eigenvalue weighted by atomic mass is 32.1. The van der Waals surface area contributed by atoms with Crippen LogP contribution in [0.1, 0.15) is 23.3 Å². The zero-order valence-electron chi connectivity index (χ0n) is 15.9. The molecule has 0 unspecified atom stereocenters. The molecule has 0 saturated heterocycles. The molecule has 162 valence electrons. The molecular weight excluding hydrogens is 427 g/mol. The number of anilines is 1. The SMILES string of the molecule is CON(C)C(=O)c1csc(NC(=O)[C@H]2C[C@H](Oc3cc(F)ccc3OC(F)F)C2)n1. The second kappa shape index (κ2) is 9.30. The first-order valence-electron chi connectivity index (χ1n) is 8.76. The summed E-state index contributed by atoms with van der Waals surface area (Å²) in [6, 6.07) is 3.00. The number of thiazole rings is 1. The van der Waals surface area contributed by atoms with Gasteiger partial charge in [-0.15, -0.1) is 11.3 Å². The number of amides is 2. The lowest BCUT2D eigenvalue weighted by Gasteiger charge is -2.34.